The Hall–Kier alpha value is -0.430. The van der Waals surface area contributed by atoms with Crippen LogP contribution in [0.25, 0.3) is 0 Å². The second kappa shape index (κ2) is 5.95. The van der Waals surface area contributed by atoms with E-state index in [9.17, 15) is 4.79 Å². The second-order valence-electron chi connectivity index (χ2n) is 3.96. The maximum Gasteiger partial charge on any atom is 0.237 e. The molecule has 2 heterocycles. The van der Waals surface area contributed by atoms with E-state index in [1.807, 2.05) is 11.4 Å². The van der Waals surface area contributed by atoms with Gasteiger partial charge < -0.3 is 15.4 Å². The van der Waals surface area contributed by atoms with Crippen LogP contribution < -0.4 is 10.6 Å². The normalized spacial score (nSPS) is 23.9. The Labute approximate surface area is 113 Å². The Kier molecular flexibility index (Phi) is 4.55. The Morgan fingerprint density at radius 1 is 1.76 bits per heavy atom. The summed E-state index contributed by atoms with van der Waals surface area (Å²) in [5, 5.41) is 8.09. The molecule has 2 N–H and O–H groups in total. The van der Waals surface area contributed by atoms with E-state index in [2.05, 4.69) is 26.6 Å². The van der Waals surface area contributed by atoms with Gasteiger partial charge in [0.1, 0.15) is 0 Å². The van der Waals surface area contributed by atoms with Gasteiger partial charge in [-0.2, -0.15) is 0 Å². The molecule has 94 valence electrons. The fraction of sp³-hybridized carbons (Fsp3) is 0.545. The van der Waals surface area contributed by atoms with Crippen molar-refractivity contribution < 1.29 is 9.53 Å². The number of halogens is 1. The average Bonchev–Trinajstić information content (AvgIpc) is 2.94. The Morgan fingerprint density at radius 2 is 2.59 bits per heavy atom. The van der Waals surface area contributed by atoms with Gasteiger partial charge in [-0.05, 0) is 33.8 Å². The fourth-order valence-electron chi connectivity index (χ4n) is 1.82. The summed E-state index contributed by atoms with van der Waals surface area (Å²) in [6.45, 7) is 1.32. The Morgan fingerprint density at radius 3 is 3.18 bits per heavy atom. The number of carbonyl (C=O) groups is 1. The molecule has 6 heteroatoms. The molecule has 0 saturated carbocycles. The van der Waals surface area contributed by atoms with Crippen LogP contribution in [-0.4, -0.2) is 31.7 Å². The molecule has 0 aliphatic carbocycles. The Bertz CT molecular complexity index is 397. The molecule has 4 nitrogen and oxygen atoms in total. The van der Waals surface area contributed by atoms with Gasteiger partial charge in [0.2, 0.25) is 5.91 Å². The minimum atomic E-state index is -0.126. The van der Waals surface area contributed by atoms with Crippen molar-refractivity contribution >= 4 is 33.2 Å². The molecular formula is C11H15BrN2O2S. The van der Waals surface area contributed by atoms with Gasteiger partial charge in [0, 0.05) is 23.0 Å². The fourth-order valence-corrected chi connectivity index (χ4v) is 3.26. The largest absolute Gasteiger partial charge is 0.380 e. The van der Waals surface area contributed by atoms with Crippen LogP contribution >= 0.6 is 27.3 Å². The van der Waals surface area contributed by atoms with Crippen LogP contribution in [0.3, 0.4) is 0 Å². The summed E-state index contributed by atoms with van der Waals surface area (Å²) >= 11 is 5.08. The highest BCUT2D eigenvalue weighted by Gasteiger charge is 2.29. The Balaban J connectivity index is 1.80. The van der Waals surface area contributed by atoms with Crippen molar-refractivity contribution in [1.29, 1.82) is 0 Å². The molecule has 1 aliphatic rings. The highest BCUT2D eigenvalue weighted by Crippen LogP contribution is 2.22. The van der Waals surface area contributed by atoms with Gasteiger partial charge in [0.25, 0.3) is 0 Å². The molecular weight excluding hydrogens is 304 g/mol. The number of hydrogen-bond donors (Lipinski definition) is 2. The molecule has 2 unspecified atom stereocenters. The topological polar surface area (TPSA) is 50.4 Å². The van der Waals surface area contributed by atoms with Crippen molar-refractivity contribution in [3.63, 3.8) is 0 Å². The van der Waals surface area contributed by atoms with Crippen LogP contribution in [-0.2, 0) is 16.1 Å². The van der Waals surface area contributed by atoms with Gasteiger partial charge in [-0.25, -0.2) is 0 Å². The number of methoxy groups -OCH3 is 1. The van der Waals surface area contributed by atoms with Crippen LogP contribution in [0, 0.1) is 0 Å². The van der Waals surface area contributed by atoms with E-state index in [1.54, 1.807) is 18.4 Å². The first-order valence-corrected chi connectivity index (χ1v) is 7.13. The smallest absolute Gasteiger partial charge is 0.237 e. The summed E-state index contributed by atoms with van der Waals surface area (Å²) in [5.41, 5.74) is 0. The van der Waals surface area contributed by atoms with Gasteiger partial charge in [0.05, 0.1) is 18.7 Å². The maximum atomic E-state index is 11.9. The number of hydrogen-bond acceptors (Lipinski definition) is 4. The van der Waals surface area contributed by atoms with E-state index in [1.165, 1.54) is 0 Å². The molecule has 1 aliphatic heterocycles. The van der Waals surface area contributed by atoms with Gasteiger partial charge >= 0.3 is 0 Å². The third-order valence-corrected chi connectivity index (χ3v) is 4.78. The van der Waals surface area contributed by atoms with E-state index >= 15 is 0 Å². The third-order valence-electron chi connectivity index (χ3n) is 2.85. The highest BCUT2D eigenvalue weighted by molar-refractivity contribution is 9.10. The second-order valence-corrected chi connectivity index (χ2v) is 5.82. The lowest BCUT2D eigenvalue weighted by Crippen LogP contribution is -2.39. The predicted molar refractivity (Wildman–Crippen MR) is 71.1 cm³/mol. The molecule has 0 bridgehead atoms. The SMILES string of the molecule is COC1CNC(C(=O)NCc2sccc2Br)C1. The van der Waals surface area contributed by atoms with Crippen LogP contribution in [0.1, 0.15) is 11.3 Å². The van der Waals surface area contributed by atoms with Crippen molar-refractivity contribution in [2.75, 3.05) is 13.7 Å². The number of nitrogens with one attached hydrogen (secondary N) is 2. The minimum absolute atomic E-state index is 0.0462. The summed E-state index contributed by atoms with van der Waals surface area (Å²) in [6, 6.07) is 1.86. The van der Waals surface area contributed by atoms with Gasteiger partial charge in [-0.15, -0.1) is 11.3 Å². The minimum Gasteiger partial charge on any atom is -0.380 e. The molecule has 1 aromatic rings. The van der Waals surface area contributed by atoms with E-state index in [-0.39, 0.29) is 18.1 Å². The third kappa shape index (κ3) is 3.28. The van der Waals surface area contributed by atoms with Crippen molar-refractivity contribution in [2.45, 2.75) is 25.1 Å². The summed E-state index contributed by atoms with van der Waals surface area (Å²) in [4.78, 5) is 13.0. The van der Waals surface area contributed by atoms with Crippen LogP contribution in [0.2, 0.25) is 0 Å². The number of rotatable bonds is 4. The highest BCUT2D eigenvalue weighted by atomic mass is 79.9. The summed E-state index contributed by atoms with van der Waals surface area (Å²) in [7, 11) is 1.68. The first kappa shape index (κ1) is 13.0. The lowest BCUT2D eigenvalue weighted by Gasteiger charge is -2.10. The summed E-state index contributed by atoms with van der Waals surface area (Å²) < 4.78 is 6.27. The first-order valence-electron chi connectivity index (χ1n) is 5.46. The monoisotopic (exact) mass is 318 g/mol. The quantitative estimate of drug-likeness (QED) is 0.884. The maximum absolute atomic E-state index is 11.9. The van der Waals surface area contributed by atoms with E-state index in [0.29, 0.717) is 6.54 Å². The molecule has 17 heavy (non-hydrogen) atoms. The van der Waals surface area contributed by atoms with E-state index in [4.69, 9.17) is 4.74 Å². The van der Waals surface area contributed by atoms with Gasteiger partial charge in [-0.1, -0.05) is 0 Å². The standard InChI is InChI=1S/C11H15BrN2O2S/c1-16-7-4-9(13-5-7)11(15)14-6-10-8(12)2-3-17-10/h2-3,7,9,13H,4-6H2,1H3,(H,14,15). The molecule has 1 amide bonds. The van der Waals surface area contributed by atoms with Crippen molar-refractivity contribution in [3.8, 4) is 0 Å². The molecule has 0 radical (unpaired) electrons. The lowest BCUT2D eigenvalue weighted by molar-refractivity contribution is -0.123. The number of carbonyl (C=O) groups excluding carboxylic acids is 1. The van der Waals surface area contributed by atoms with Gasteiger partial charge in [0.15, 0.2) is 0 Å². The average molecular weight is 319 g/mol. The molecule has 1 aromatic heterocycles. The summed E-state index contributed by atoms with van der Waals surface area (Å²) in [5.74, 6) is 0.0462. The number of amides is 1. The molecule has 0 aromatic carbocycles. The first-order chi connectivity index (χ1) is 8.20. The van der Waals surface area contributed by atoms with Crippen molar-refractivity contribution in [3.05, 3.63) is 20.8 Å². The molecule has 2 atom stereocenters. The summed E-state index contributed by atoms with van der Waals surface area (Å²) in [6.07, 6.45) is 0.896. The molecule has 2 rings (SSSR count). The number of thiophene rings is 1. The zero-order chi connectivity index (χ0) is 12.3. The van der Waals surface area contributed by atoms with Crippen LogP contribution in [0.4, 0.5) is 0 Å². The van der Waals surface area contributed by atoms with Gasteiger partial charge in [-0.3, -0.25) is 4.79 Å². The lowest BCUT2D eigenvalue weighted by atomic mass is 10.2. The van der Waals surface area contributed by atoms with E-state index < -0.39 is 0 Å². The zero-order valence-electron chi connectivity index (χ0n) is 9.53. The van der Waals surface area contributed by atoms with Crippen molar-refractivity contribution in [1.82, 2.24) is 10.6 Å². The molecule has 1 fully saturated rings. The number of ether oxygens (including phenoxy) is 1. The molecule has 1 saturated heterocycles. The zero-order valence-corrected chi connectivity index (χ0v) is 11.9. The predicted octanol–water partition coefficient (Wildman–Crippen LogP) is 1.50. The van der Waals surface area contributed by atoms with E-state index in [0.717, 1.165) is 22.3 Å². The molecule has 0 spiro atoms. The van der Waals surface area contributed by atoms with Crippen molar-refractivity contribution in [2.24, 2.45) is 0 Å². The van der Waals surface area contributed by atoms with Crippen LogP contribution in [0.15, 0.2) is 15.9 Å². The van der Waals surface area contributed by atoms with Crippen LogP contribution in [0.5, 0.6) is 0 Å².